The summed E-state index contributed by atoms with van der Waals surface area (Å²) in [5, 5.41) is 0. The van der Waals surface area contributed by atoms with E-state index in [2.05, 4.69) is 56.1 Å². The van der Waals surface area contributed by atoms with Crippen molar-refractivity contribution in [3.05, 3.63) is 57.8 Å². The van der Waals surface area contributed by atoms with Gasteiger partial charge in [0.25, 0.3) is 0 Å². The van der Waals surface area contributed by atoms with Gasteiger partial charge in [0.05, 0.1) is 0 Å². The highest BCUT2D eigenvalue weighted by Crippen LogP contribution is 2.65. The maximum absolute atomic E-state index is 3.54. The summed E-state index contributed by atoms with van der Waals surface area (Å²) in [7, 11) is 0. The van der Waals surface area contributed by atoms with E-state index in [4.69, 9.17) is 0 Å². The van der Waals surface area contributed by atoms with Gasteiger partial charge in [-0.3, -0.25) is 4.90 Å². The Morgan fingerprint density at radius 1 is 1.29 bits per heavy atom. The molecule has 2 nitrogen and oxygen atoms in total. The number of rotatable bonds is 2. The molecule has 1 aromatic carbocycles. The number of aromatic nitrogens is 1. The van der Waals surface area contributed by atoms with Crippen LogP contribution in [0.25, 0.3) is 0 Å². The number of likely N-dealkylation sites (tertiary alicyclic amines) is 1. The minimum Gasteiger partial charge on any atom is -0.363 e. The second kappa shape index (κ2) is 4.23. The Labute approximate surface area is 133 Å². The molecule has 2 fully saturated rings. The number of halogens is 1. The molecule has 5 rings (SSSR count). The molecular weight excluding hydrogens is 324 g/mol. The lowest BCUT2D eigenvalue weighted by Crippen LogP contribution is -2.41. The number of hydrogen-bond donors (Lipinski definition) is 1. The van der Waals surface area contributed by atoms with Gasteiger partial charge in [0.15, 0.2) is 0 Å². The predicted octanol–water partition coefficient (Wildman–Crippen LogP) is 3.77. The molecule has 2 aliphatic carbocycles. The van der Waals surface area contributed by atoms with Gasteiger partial charge in [-0.15, -0.1) is 0 Å². The Morgan fingerprint density at radius 2 is 2.14 bits per heavy atom. The topological polar surface area (TPSA) is 19.0 Å². The quantitative estimate of drug-likeness (QED) is 0.880. The van der Waals surface area contributed by atoms with E-state index in [1.165, 1.54) is 31.5 Å². The van der Waals surface area contributed by atoms with Crippen LogP contribution in [0.5, 0.6) is 0 Å². The van der Waals surface area contributed by atoms with Crippen molar-refractivity contribution in [3.63, 3.8) is 0 Å². The Balaban J connectivity index is 1.45. The van der Waals surface area contributed by atoms with E-state index in [9.17, 15) is 0 Å². The number of nitrogens with one attached hydrogen (secondary N) is 1. The first-order valence-corrected chi connectivity index (χ1v) is 8.67. The van der Waals surface area contributed by atoms with E-state index in [0.29, 0.717) is 5.41 Å². The van der Waals surface area contributed by atoms with Crippen molar-refractivity contribution in [3.8, 4) is 0 Å². The van der Waals surface area contributed by atoms with Gasteiger partial charge in [-0.25, -0.2) is 0 Å². The van der Waals surface area contributed by atoms with Crippen LogP contribution < -0.4 is 0 Å². The van der Waals surface area contributed by atoms with Gasteiger partial charge in [0, 0.05) is 35.5 Å². The Kier molecular flexibility index (Phi) is 2.52. The molecule has 108 valence electrons. The zero-order chi connectivity index (χ0) is 14.0. The minimum atomic E-state index is 0.609. The highest BCUT2D eigenvalue weighted by Gasteiger charge is 2.66. The minimum absolute atomic E-state index is 0.609. The van der Waals surface area contributed by atoms with Gasteiger partial charge in [-0.05, 0) is 63.7 Å². The summed E-state index contributed by atoms with van der Waals surface area (Å²) >= 11 is 3.54. The number of fused-ring (bicyclic) bond motifs is 1. The van der Waals surface area contributed by atoms with Crippen molar-refractivity contribution < 1.29 is 0 Å². The summed E-state index contributed by atoms with van der Waals surface area (Å²) in [6.45, 7) is 2.35. The SMILES string of the molecule is Brc1c[nH]c(CN2CC3CC34Cc3ccccc3CC24)c1. The lowest BCUT2D eigenvalue weighted by Gasteiger charge is -2.36. The summed E-state index contributed by atoms with van der Waals surface area (Å²) in [5.41, 5.74) is 5.13. The molecule has 1 spiro atoms. The average Bonchev–Trinajstić information content (AvgIpc) is 2.85. The Morgan fingerprint density at radius 3 is 2.95 bits per heavy atom. The van der Waals surface area contributed by atoms with Gasteiger partial charge >= 0.3 is 0 Å². The van der Waals surface area contributed by atoms with E-state index < -0.39 is 0 Å². The van der Waals surface area contributed by atoms with E-state index in [1.54, 1.807) is 11.1 Å². The van der Waals surface area contributed by atoms with Gasteiger partial charge in [0.1, 0.15) is 0 Å². The van der Waals surface area contributed by atoms with Gasteiger partial charge < -0.3 is 4.98 Å². The summed E-state index contributed by atoms with van der Waals surface area (Å²) in [4.78, 5) is 6.11. The fraction of sp³-hybridized carbons (Fsp3) is 0.444. The third kappa shape index (κ3) is 1.80. The first-order valence-electron chi connectivity index (χ1n) is 7.88. The molecule has 3 unspecified atom stereocenters. The molecule has 3 atom stereocenters. The normalized spacial score (nSPS) is 33.4. The summed E-state index contributed by atoms with van der Waals surface area (Å²) in [6.07, 6.45) is 6.05. The molecule has 3 heteroatoms. The first-order chi connectivity index (χ1) is 10.2. The van der Waals surface area contributed by atoms with Crippen LogP contribution in [0.2, 0.25) is 0 Å². The van der Waals surface area contributed by atoms with Crippen LogP contribution in [0, 0.1) is 11.3 Å². The monoisotopic (exact) mass is 342 g/mol. The third-order valence-electron chi connectivity index (χ3n) is 5.97. The van der Waals surface area contributed by atoms with Gasteiger partial charge in [0.2, 0.25) is 0 Å². The molecule has 1 aliphatic heterocycles. The van der Waals surface area contributed by atoms with Crippen molar-refractivity contribution >= 4 is 15.9 Å². The maximum Gasteiger partial charge on any atom is 0.0388 e. The average molecular weight is 343 g/mol. The van der Waals surface area contributed by atoms with Crippen LogP contribution in [-0.4, -0.2) is 22.5 Å². The van der Waals surface area contributed by atoms with Crippen molar-refractivity contribution in [2.45, 2.75) is 31.8 Å². The fourth-order valence-corrected chi connectivity index (χ4v) is 5.27. The van der Waals surface area contributed by atoms with Crippen LogP contribution in [-0.2, 0) is 19.4 Å². The molecule has 21 heavy (non-hydrogen) atoms. The fourth-order valence-electron chi connectivity index (χ4n) is 4.88. The maximum atomic E-state index is 3.54. The molecule has 0 amide bonds. The van der Waals surface area contributed by atoms with Crippen LogP contribution in [0.4, 0.5) is 0 Å². The van der Waals surface area contributed by atoms with E-state index in [0.717, 1.165) is 23.0 Å². The second-order valence-electron chi connectivity index (χ2n) is 7.07. The highest BCUT2D eigenvalue weighted by atomic mass is 79.9. The number of piperidine rings is 1. The number of hydrogen-bond acceptors (Lipinski definition) is 1. The molecule has 3 aliphatic rings. The number of nitrogens with zero attached hydrogens (tertiary/aromatic N) is 1. The molecule has 1 aromatic heterocycles. The summed E-state index contributed by atoms with van der Waals surface area (Å²) in [5.74, 6) is 0.939. The Bertz CT molecular complexity index is 707. The van der Waals surface area contributed by atoms with Crippen LogP contribution in [0.3, 0.4) is 0 Å². The molecule has 1 saturated heterocycles. The lowest BCUT2D eigenvalue weighted by molar-refractivity contribution is 0.163. The lowest BCUT2D eigenvalue weighted by atomic mass is 9.77. The number of aromatic amines is 1. The van der Waals surface area contributed by atoms with Gasteiger partial charge in [-0.1, -0.05) is 24.3 Å². The third-order valence-corrected chi connectivity index (χ3v) is 6.43. The van der Waals surface area contributed by atoms with Gasteiger partial charge in [-0.2, -0.15) is 0 Å². The van der Waals surface area contributed by atoms with Crippen molar-refractivity contribution in [2.24, 2.45) is 11.3 Å². The van der Waals surface area contributed by atoms with Crippen LogP contribution >= 0.6 is 15.9 Å². The summed E-state index contributed by atoms with van der Waals surface area (Å²) < 4.78 is 1.16. The molecule has 1 saturated carbocycles. The molecule has 2 aromatic rings. The second-order valence-corrected chi connectivity index (χ2v) is 7.99. The number of H-pyrrole nitrogens is 1. The molecule has 0 bridgehead atoms. The van der Waals surface area contributed by atoms with Crippen molar-refractivity contribution in [1.82, 2.24) is 9.88 Å². The predicted molar refractivity (Wildman–Crippen MR) is 87.1 cm³/mol. The van der Waals surface area contributed by atoms with E-state index in [1.807, 2.05) is 6.20 Å². The summed E-state index contributed by atoms with van der Waals surface area (Å²) in [6, 6.07) is 12.0. The van der Waals surface area contributed by atoms with Crippen molar-refractivity contribution in [1.29, 1.82) is 0 Å². The Hall–Kier alpha value is -1.06. The molecular formula is C18H19BrN2. The molecule has 0 radical (unpaired) electrons. The number of benzene rings is 1. The smallest absolute Gasteiger partial charge is 0.0388 e. The molecule has 1 N–H and O–H groups in total. The largest absolute Gasteiger partial charge is 0.363 e. The first kappa shape index (κ1) is 12.5. The standard InChI is InChI=1S/C18H19BrN2/c19-15-6-16(20-9-15)11-21-10-14-8-18(14)7-13-4-2-1-3-12(13)5-17(18)21/h1-4,6,9,14,17,20H,5,7-8,10-11H2. The van der Waals surface area contributed by atoms with Crippen LogP contribution in [0.15, 0.2) is 41.0 Å². The van der Waals surface area contributed by atoms with Crippen LogP contribution in [0.1, 0.15) is 23.2 Å². The zero-order valence-corrected chi connectivity index (χ0v) is 13.6. The molecule has 2 heterocycles. The van der Waals surface area contributed by atoms with E-state index in [-0.39, 0.29) is 0 Å². The van der Waals surface area contributed by atoms with E-state index >= 15 is 0 Å². The zero-order valence-electron chi connectivity index (χ0n) is 12.0. The highest BCUT2D eigenvalue weighted by molar-refractivity contribution is 9.10. The van der Waals surface area contributed by atoms with Crippen molar-refractivity contribution in [2.75, 3.05) is 6.54 Å².